The molecule has 1 aliphatic heterocycles. The molecule has 166 valence electrons. The van der Waals surface area contributed by atoms with Gasteiger partial charge >= 0.3 is 0 Å². The first-order valence-electron chi connectivity index (χ1n) is 10.7. The quantitative estimate of drug-likeness (QED) is 0.682. The summed E-state index contributed by atoms with van der Waals surface area (Å²) < 4.78 is 28.6. The summed E-state index contributed by atoms with van der Waals surface area (Å²) in [6.45, 7) is 5.86. The normalized spacial score (nSPS) is 27.8. The molecule has 2 bridgehead atoms. The van der Waals surface area contributed by atoms with Gasteiger partial charge in [0.2, 0.25) is 21.9 Å². The van der Waals surface area contributed by atoms with Crippen molar-refractivity contribution in [2.24, 2.45) is 16.7 Å². The average Bonchev–Trinajstić information content (AvgIpc) is 3.33. The molecule has 2 heterocycles. The van der Waals surface area contributed by atoms with E-state index in [1.165, 1.54) is 0 Å². The Hall–Kier alpha value is -1.81. The van der Waals surface area contributed by atoms with Crippen LogP contribution in [0, 0.1) is 16.7 Å². The van der Waals surface area contributed by atoms with E-state index < -0.39 is 15.4 Å². The van der Waals surface area contributed by atoms with E-state index >= 15 is 0 Å². The summed E-state index contributed by atoms with van der Waals surface area (Å²) in [6, 6.07) is 0. The first kappa shape index (κ1) is 21.4. The lowest BCUT2D eigenvalue weighted by Crippen LogP contribution is -2.45. The predicted octanol–water partition coefficient (Wildman–Crippen LogP) is 1.35. The van der Waals surface area contributed by atoms with Crippen LogP contribution in [-0.2, 0) is 21.4 Å². The van der Waals surface area contributed by atoms with Crippen LogP contribution in [0.1, 0.15) is 51.8 Å². The van der Waals surface area contributed by atoms with Crippen LogP contribution >= 0.6 is 0 Å². The highest BCUT2D eigenvalue weighted by Gasteiger charge is 2.65. The Morgan fingerprint density at radius 3 is 2.43 bits per heavy atom. The van der Waals surface area contributed by atoms with Crippen LogP contribution in [0.2, 0.25) is 0 Å². The molecule has 3 fully saturated rings. The van der Waals surface area contributed by atoms with Crippen molar-refractivity contribution in [3.8, 4) is 0 Å². The fraction of sp³-hybridized carbons (Fsp3) is 0.800. The standard InChI is InChI=1S/C20H32N6O3S/c1-19(2)14-7-8-20(19,15(27)11-14)13-30(28,29)21-12-16-22-17(25(3)4)24-18(23-16)26-9-5-6-10-26/h14,21H,5-13H2,1-4H3. The van der Waals surface area contributed by atoms with Crippen LogP contribution in [0.25, 0.3) is 0 Å². The van der Waals surface area contributed by atoms with Crippen LogP contribution < -0.4 is 14.5 Å². The number of fused-ring (bicyclic) bond motifs is 2. The molecular formula is C20H32N6O3S. The van der Waals surface area contributed by atoms with E-state index in [0.29, 0.717) is 30.6 Å². The molecule has 0 radical (unpaired) electrons. The number of nitrogens with zero attached hydrogens (tertiary/aromatic N) is 5. The highest BCUT2D eigenvalue weighted by molar-refractivity contribution is 7.89. The van der Waals surface area contributed by atoms with E-state index in [0.717, 1.165) is 32.4 Å². The molecule has 2 aliphatic carbocycles. The van der Waals surface area contributed by atoms with Gasteiger partial charge in [0.25, 0.3) is 0 Å². The van der Waals surface area contributed by atoms with Crippen molar-refractivity contribution < 1.29 is 13.2 Å². The van der Waals surface area contributed by atoms with Crippen molar-refractivity contribution in [2.45, 2.75) is 52.5 Å². The summed E-state index contributed by atoms with van der Waals surface area (Å²) in [5.74, 6) is 1.70. The zero-order valence-corrected chi connectivity index (χ0v) is 19.1. The van der Waals surface area contributed by atoms with Gasteiger partial charge in [-0.3, -0.25) is 4.79 Å². The van der Waals surface area contributed by atoms with Gasteiger partial charge < -0.3 is 9.80 Å². The minimum atomic E-state index is -3.67. The Bertz CT molecular complexity index is 942. The molecule has 4 rings (SSSR count). The molecule has 2 atom stereocenters. The second-order valence-electron chi connectivity index (χ2n) is 9.69. The summed E-state index contributed by atoms with van der Waals surface area (Å²) >= 11 is 0. The third-order valence-electron chi connectivity index (χ3n) is 7.47. The zero-order chi connectivity index (χ0) is 21.7. The van der Waals surface area contributed by atoms with E-state index in [1.54, 1.807) is 4.90 Å². The summed E-state index contributed by atoms with van der Waals surface area (Å²) in [4.78, 5) is 30.0. The predicted molar refractivity (Wildman–Crippen MR) is 115 cm³/mol. The molecule has 1 N–H and O–H groups in total. The largest absolute Gasteiger partial charge is 0.347 e. The van der Waals surface area contributed by atoms with Gasteiger partial charge in [-0.15, -0.1) is 0 Å². The molecule has 3 aliphatic rings. The molecule has 1 saturated heterocycles. The summed E-state index contributed by atoms with van der Waals surface area (Å²) in [5.41, 5.74) is -1.06. The Kier molecular flexibility index (Phi) is 5.29. The second kappa shape index (κ2) is 7.40. The number of carbonyl (C=O) groups is 1. The van der Waals surface area contributed by atoms with Crippen LogP contribution in [0.15, 0.2) is 0 Å². The Morgan fingerprint density at radius 1 is 1.17 bits per heavy atom. The molecule has 2 unspecified atom stereocenters. The fourth-order valence-corrected chi connectivity index (χ4v) is 7.17. The Morgan fingerprint density at radius 2 is 1.87 bits per heavy atom. The highest BCUT2D eigenvalue weighted by Crippen LogP contribution is 2.64. The number of hydrogen-bond donors (Lipinski definition) is 1. The van der Waals surface area contributed by atoms with Gasteiger partial charge in [0, 0.05) is 39.0 Å². The maximum Gasteiger partial charge on any atom is 0.230 e. The number of hydrogen-bond acceptors (Lipinski definition) is 8. The monoisotopic (exact) mass is 436 g/mol. The molecule has 10 heteroatoms. The van der Waals surface area contributed by atoms with Crippen LogP contribution in [0.3, 0.4) is 0 Å². The van der Waals surface area contributed by atoms with E-state index in [9.17, 15) is 13.2 Å². The molecule has 0 amide bonds. The second-order valence-corrected chi connectivity index (χ2v) is 11.5. The Labute approximate surface area is 178 Å². The van der Waals surface area contributed by atoms with Gasteiger partial charge in [-0.2, -0.15) is 15.0 Å². The molecule has 0 spiro atoms. The number of Topliss-reactive ketones (excluding diaryl/α,β-unsaturated/α-hetero) is 1. The smallest absolute Gasteiger partial charge is 0.230 e. The highest BCUT2D eigenvalue weighted by atomic mass is 32.2. The van der Waals surface area contributed by atoms with Crippen molar-refractivity contribution in [1.82, 2.24) is 19.7 Å². The van der Waals surface area contributed by atoms with Gasteiger partial charge in [-0.25, -0.2) is 13.1 Å². The minimum absolute atomic E-state index is 0.0132. The topological polar surface area (TPSA) is 108 Å². The van der Waals surface area contributed by atoms with Crippen LogP contribution in [-0.4, -0.2) is 62.1 Å². The van der Waals surface area contributed by atoms with E-state index in [-0.39, 0.29) is 29.4 Å². The lowest BCUT2D eigenvalue weighted by molar-refractivity contribution is -0.128. The molecule has 1 aromatic rings. The van der Waals surface area contributed by atoms with Gasteiger partial charge in [0.15, 0.2) is 5.82 Å². The SMILES string of the molecule is CN(C)c1nc(CNS(=O)(=O)CC23CCC(CC2=O)C3(C)C)nc(N2CCCC2)n1. The third kappa shape index (κ3) is 3.57. The zero-order valence-electron chi connectivity index (χ0n) is 18.3. The summed E-state index contributed by atoms with van der Waals surface area (Å²) in [5, 5.41) is 0. The van der Waals surface area contributed by atoms with Gasteiger partial charge in [0.05, 0.1) is 12.3 Å². The van der Waals surface area contributed by atoms with Crippen molar-refractivity contribution in [1.29, 1.82) is 0 Å². The molecular weight excluding hydrogens is 404 g/mol. The van der Waals surface area contributed by atoms with E-state index in [1.807, 2.05) is 27.9 Å². The van der Waals surface area contributed by atoms with E-state index in [2.05, 4.69) is 24.6 Å². The third-order valence-corrected chi connectivity index (χ3v) is 8.93. The van der Waals surface area contributed by atoms with Crippen molar-refractivity contribution in [3.63, 3.8) is 0 Å². The van der Waals surface area contributed by atoms with Crippen molar-refractivity contribution >= 4 is 27.7 Å². The first-order valence-corrected chi connectivity index (χ1v) is 12.4. The number of anilines is 2. The molecule has 1 aromatic heterocycles. The number of nitrogens with one attached hydrogen (secondary N) is 1. The number of rotatable bonds is 7. The van der Waals surface area contributed by atoms with Gasteiger partial charge in [-0.1, -0.05) is 13.8 Å². The first-order chi connectivity index (χ1) is 14.0. The lowest BCUT2D eigenvalue weighted by atomic mass is 9.70. The fourth-order valence-electron chi connectivity index (χ4n) is 5.39. The molecule has 30 heavy (non-hydrogen) atoms. The van der Waals surface area contributed by atoms with E-state index in [4.69, 9.17) is 0 Å². The maximum absolute atomic E-state index is 13.0. The maximum atomic E-state index is 13.0. The van der Waals surface area contributed by atoms with Crippen molar-refractivity contribution in [3.05, 3.63) is 5.82 Å². The number of ketones is 1. The number of aromatic nitrogens is 3. The molecule has 0 aromatic carbocycles. The van der Waals surface area contributed by atoms with Crippen LogP contribution in [0.5, 0.6) is 0 Å². The van der Waals surface area contributed by atoms with Crippen molar-refractivity contribution in [2.75, 3.05) is 42.7 Å². The number of carbonyl (C=O) groups excluding carboxylic acids is 1. The van der Waals surface area contributed by atoms with Gasteiger partial charge in [-0.05, 0) is 37.0 Å². The lowest BCUT2D eigenvalue weighted by Gasteiger charge is -2.36. The minimum Gasteiger partial charge on any atom is -0.347 e. The summed E-state index contributed by atoms with van der Waals surface area (Å²) in [7, 11) is 0.0210. The molecule has 2 saturated carbocycles. The van der Waals surface area contributed by atoms with Gasteiger partial charge in [0.1, 0.15) is 5.78 Å². The Balaban J connectivity index is 1.52. The molecule has 9 nitrogen and oxygen atoms in total. The van der Waals surface area contributed by atoms with Crippen LogP contribution in [0.4, 0.5) is 11.9 Å². The average molecular weight is 437 g/mol. The summed E-state index contributed by atoms with van der Waals surface area (Å²) in [6.07, 6.45) is 4.27. The number of sulfonamides is 1.